The molecule has 4 nitrogen and oxygen atoms in total. The molecule has 4 heteroatoms. The Balaban J connectivity index is 1.22. The Kier molecular flexibility index (Phi) is 7.85. The number of carbonyl (C=O) groups is 2. The van der Waals surface area contributed by atoms with E-state index in [4.69, 9.17) is 0 Å². The molecule has 2 saturated carbocycles. The van der Waals surface area contributed by atoms with Crippen molar-refractivity contribution in [3.63, 3.8) is 0 Å². The lowest BCUT2D eigenvalue weighted by atomic mass is 10.0. The van der Waals surface area contributed by atoms with Crippen LogP contribution in [-0.4, -0.2) is 11.8 Å². The second-order valence-electron chi connectivity index (χ2n) is 10.0. The van der Waals surface area contributed by atoms with Crippen molar-refractivity contribution in [2.45, 2.75) is 71.6 Å². The van der Waals surface area contributed by atoms with Gasteiger partial charge in [-0.2, -0.15) is 0 Å². The third kappa shape index (κ3) is 6.69. The predicted molar refractivity (Wildman–Crippen MR) is 135 cm³/mol. The van der Waals surface area contributed by atoms with E-state index >= 15 is 0 Å². The largest absolute Gasteiger partial charge is 0.326 e. The molecule has 0 bridgehead atoms. The second kappa shape index (κ2) is 11.0. The fourth-order valence-corrected chi connectivity index (χ4v) is 4.83. The third-order valence-electron chi connectivity index (χ3n) is 7.23. The highest BCUT2D eigenvalue weighted by atomic mass is 16.2. The van der Waals surface area contributed by atoms with Crippen molar-refractivity contribution in [3.8, 4) is 0 Å². The molecule has 4 rings (SSSR count). The average molecular weight is 447 g/mol. The van der Waals surface area contributed by atoms with Crippen LogP contribution in [0.2, 0.25) is 0 Å². The number of rotatable bonds is 12. The lowest BCUT2D eigenvalue weighted by molar-refractivity contribution is -0.118. The van der Waals surface area contributed by atoms with E-state index < -0.39 is 0 Å². The number of anilines is 2. The van der Waals surface area contributed by atoms with Crippen molar-refractivity contribution in [3.05, 3.63) is 59.7 Å². The maximum absolute atomic E-state index is 12.4. The molecule has 2 amide bonds. The number of hydrogen-bond acceptors (Lipinski definition) is 2. The van der Waals surface area contributed by atoms with Gasteiger partial charge in [-0.05, 0) is 79.3 Å². The first-order chi connectivity index (χ1) is 16.1. The highest BCUT2D eigenvalue weighted by molar-refractivity contribution is 5.95. The van der Waals surface area contributed by atoms with Crippen LogP contribution in [0, 0.1) is 23.7 Å². The molecule has 33 heavy (non-hydrogen) atoms. The molecular formula is C29H38N2O2. The van der Waals surface area contributed by atoms with Crippen LogP contribution in [0.1, 0.15) is 76.3 Å². The van der Waals surface area contributed by atoms with Gasteiger partial charge in [0.15, 0.2) is 0 Å². The Bertz CT molecular complexity index is 858. The summed E-state index contributed by atoms with van der Waals surface area (Å²) in [4.78, 5) is 24.8. The van der Waals surface area contributed by atoms with Crippen molar-refractivity contribution in [2.24, 2.45) is 23.7 Å². The molecule has 2 aliphatic rings. The van der Waals surface area contributed by atoms with Gasteiger partial charge in [0.2, 0.25) is 11.8 Å². The van der Waals surface area contributed by atoms with Crippen LogP contribution in [0.4, 0.5) is 11.4 Å². The van der Waals surface area contributed by atoms with Gasteiger partial charge in [0.25, 0.3) is 0 Å². The van der Waals surface area contributed by atoms with Crippen molar-refractivity contribution in [2.75, 3.05) is 10.6 Å². The molecule has 2 aromatic carbocycles. The Hall–Kier alpha value is -2.62. The molecule has 2 aliphatic carbocycles. The first-order valence-corrected chi connectivity index (χ1v) is 12.9. The molecule has 0 spiro atoms. The van der Waals surface area contributed by atoms with Gasteiger partial charge in [-0.25, -0.2) is 0 Å². The Labute approximate surface area is 198 Å². The fraction of sp³-hybridized carbons (Fsp3) is 0.517. The van der Waals surface area contributed by atoms with E-state index in [1.165, 1.54) is 49.7 Å². The van der Waals surface area contributed by atoms with E-state index in [9.17, 15) is 9.59 Å². The number of carbonyl (C=O) groups excluding carboxylic acids is 2. The predicted octanol–water partition coefficient (Wildman–Crippen LogP) is 6.81. The first-order valence-electron chi connectivity index (χ1n) is 12.9. The van der Waals surface area contributed by atoms with Crippen LogP contribution in [0.15, 0.2) is 48.5 Å². The van der Waals surface area contributed by atoms with Gasteiger partial charge >= 0.3 is 0 Å². The van der Waals surface area contributed by atoms with Crippen LogP contribution < -0.4 is 10.6 Å². The van der Waals surface area contributed by atoms with Crippen LogP contribution in [0.25, 0.3) is 0 Å². The van der Waals surface area contributed by atoms with Gasteiger partial charge in [0.05, 0.1) is 0 Å². The Morgan fingerprint density at radius 3 is 1.45 bits per heavy atom. The molecule has 0 aromatic heterocycles. The number of benzene rings is 2. The molecule has 2 fully saturated rings. The second-order valence-corrected chi connectivity index (χ2v) is 10.0. The van der Waals surface area contributed by atoms with Crippen LogP contribution in [0.3, 0.4) is 0 Å². The SMILES string of the molecule is CCCC[C@@H]1C[C@@H]1C(=O)Nc1ccc(Cc2ccc(NC(=O)[C@@H]3C[C@H]3CCCC)cc2)cc1. The Morgan fingerprint density at radius 2 is 1.09 bits per heavy atom. The van der Waals surface area contributed by atoms with Gasteiger partial charge in [-0.3, -0.25) is 9.59 Å². The topological polar surface area (TPSA) is 58.2 Å². The minimum Gasteiger partial charge on any atom is -0.326 e. The lowest BCUT2D eigenvalue weighted by Gasteiger charge is -2.08. The van der Waals surface area contributed by atoms with Gasteiger partial charge in [0.1, 0.15) is 0 Å². The molecule has 0 heterocycles. The summed E-state index contributed by atoms with van der Waals surface area (Å²) in [6, 6.07) is 16.3. The van der Waals surface area contributed by atoms with Gasteiger partial charge in [-0.1, -0.05) is 63.8 Å². The summed E-state index contributed by atoms with van der Waals surface area (Å²) in [6.07, 6.45) is 10.1. The van der Waals surface area contributed by atoms with Gasteiger partial charge in [-0.15, -0.1) is 0 Å². The number of amides is 2. The molecular weight excluding hydrogens is 408 g/mol. The van der Waals surface area contributed by atoms with Crippen molar-refractivity contribution in [1.82, 2.24) is 0 Å². The van der Waals surface area contributed by atoms with Crippen molar-refractivity contribution in [1.29, 1.82) is 0 Å². The van der Waals surface area contributed by atoms with Gasteiger partial charge < -0.3 is 10.6 Å². The van der Waals surface area contributed by atoms with Crippen LogP contribution in [0.5, 0.6) is 0 Å². The Morgan fingerprint density at radius 1 is 0.697 bits per heavy atom. The minimum atomic E-state index is 0.171. The zero-order chi connectivity index (χ0) is 23.2. The smallest absolute Gasteiger partial charge is 0.227 e. The maximum atomic E-state index is 12.4. The normalized spacial score (nSPS) is 23.1. The molecule has 2 aromatic rings. The summed E-state index contributed by atoms with van der Waals surface area (Å²) in [7, 11) is 0. The molecule has 0 aliphatic heterocycles. The molecule has 176 valence electrons. The summed E-state index contributed by atoms with van der Waals surface area (Å²) in [5.41, 5.74) is 4.16. The molecule has 2 N–H and O–H groups in total. The number of hydrogen-bond donors (Lipinski definition) is 2. The maximum Gasteiger partial charge on any atom is 0.227 e. The summed E-state index contributed by atoms with van der Waals surface area (Å²) in [5.74, 6) is 1.93. The molecule has 4 atom stereocenters. The fourth-order valence-electron chi connectivity index (χ4n) is 4.83. The van der Waals surface area contributed by atoms with E-state index in [2.05, 4.69) is 48.7 Å². The monoisotopic (exact) mass is 446 g/mol. The van der Waals surface area contributed by atoms with Crippen molar-refractivity contribution >= 4 is 23.2 Å². The summed E-state index contributed by atoms with van der Waals surface area (Å²) >= 11 is 0. The van der Waals surface area contributed by atoms with E-state index in [1.807, 2.05) is 24.3 Å². The summed E-state index contributed by atoms with van der Waals surface area (Å²) in [6.45, 7) is 4.40. The molecule has 0 saturated heterocycles. The standard InChI is InChI=1S/C29H38N2O2/c1-3-5-7-22-18-26(22)28(32)30-24-13-9-20(10-14-24)17-21-11-15-25(16-12-21)31-29(33)27-19-23(27)8-6-4-2/h9-16,22-23,26-27H,3-8,17-19H2,1-2H3,(H,30,32)(H,31,33)/t22-,23-,26-,27+/m1/s1. The first kappa shape index (κ1) is 23.5. The lowest BCUT2D eigenvalue weighted by Crippen LogP contribution is -2.14. The highest BCUT2D eigenvalue weighted by Crippen LogP contribution is 2.43. The van der Waals surface area contributed by atoms with Crippen LogP contribution >= 0.6 is 0 Å². The molecule has 0 radical (unpaired) electrons. The summed E-state index contributed by atoms with van der Waals surface area (Å²) in [5, 5.41) is 6.15. The third-order valence-corrected chi connectivity index (χ3v) is 7.23. The number of unbranched alkanes of at least 4 members (excludes halogenated alkanes) is 2. The zero-order valence-electron chi connectivity index (χ0n) is 20.1. The van der Waals surface area contributed by atoms with Crippen LogP contribution in [-0.2, 0) is 16.0 Å². The quantitative estimate of drug-likeness (QED) is 0.376. The highest BCUT2D eigenvalue weighted by Gasteiger charge is 2.42. The average Bonchev–Trinajstić information content (AvgIpc) is 3.74. The summed E-state index contributed by atoms with van der Waals surface area (Å²) < 4.78 is 0. The van der Waals surface area contributed by atoms with E-state index in [-0.39, 0.29) is 23.7 Å². The zero-order valence-corrected chi connectivity index (χ0v) is 20.1. The minimum absolute atomic E-state index is 0.171. The van der Waals surface area contributed by atoms with Crippen molar-refractivity contribution < 1.29 is 9.59 Å². The van der Waals surface area contributed by atoms with E-state index in [1.54, 1.807) is 0 Å². The number of nitrogens with one attached hydrogen (secondary N) is 2. The van der Waals surface area contributed by atoms with Gasteiger partial charge in [0, 0.05) is 23.2 Å². The van der Waals surface area contributed by atoms with E-state index in [0.717, 1.165) is 30.6 Å². The van der Waals surface area contributed by atoms with E-state index in [0.29, 0.717) is 11.8 Å². The molecule has 0 unspecified atom stereocenters.